The van der Waals surface area contributed by atoms with E-state index in [2.05, 4.69) is 17.6 Å². The normalized spacial score (nSPS) is 17.1. The third kappa shape index (κ3) is 8.83. The van der Waals surface area contributed by atoms with Gasteiger partial charge in [0, 0.05) is 38.2 Å². The van der Waals surface area contributed by atoms with Gasteiger partial charge in [-0.25, -0.2) is 4.79 Å². The molecule has 0 aliphatic carbocycles. The van der Waals surface area contributed by atoms with Crippen molar-refractivity contribution < 1.29 is 23.9 Å². The second-order valence-corrected chi connectivity index (χ2v) is 9.91. The van der Waals surface area contributed by atoms with Crippen molar-refractivity contribution in [2.24, 2.45) is 5.92 Å². The van der Waals surface area contributed by atoms with E-state index in [0.717, 1.165) is 19.3 Å². The molecule has 3 unspecified atom stereocenters. The van der Waals surface area contributed by atoms with Crippen LogP contribution in [0, 0.1) is 5.92 Å². The molecule has 1 aliphatic heterocycles. The van der Waals surface area contributed by atoms with Crippen LogP contribution in [0.5, 0.6) is 11.5 Å². The topological polar surface area (TPSA) is 100 Å². The Kier molecular flexibility index (Phi) is 12.5. The van der Waals surface area contributed by atoms with E-state index in [0.29, 0.717) is 43.2 Å². The minimum Gasteiger partial charge on any atom is -0.497 e. The summed E-state index contributed by atoms with van der Waals surface area (Å²) in [6.07, 6.45) is 6.86. The maximum atomic E-state index is 13.5. The molecule has 0 aromatic heterocycles. The molecule has 0 spiro atoms. The van der Waals surface area contributed by atoms with Gasteiger partial charge in [0.2, 0.25) is 11.8 Å². The number of hydrogen-bond donors (Lipinski definition) is 2. The summed E-state index contributed by atoms with van der Waals surface area (Å²) >= 11 is 0. The molecule has 0 bridgehead atoms. The highest BCUT2D eigenvalue weighted by Gasteiger charge is 2.35. The lowest BCUT2D eigenvalue weighted by molar-refractivity contribution is -0.144. The van der Waals surface area contributed by atoms with Gasteiger partial charge >= 0.3 is 6.03 Å². The van der Waals surface area contributed by atoms with Gasteiger partial charge in [-0.1, -0.05) is 52.9 Å². The second kappa shape index (κ2) is 15.3. The number of nitrogens with zero attached hydrogens (tertiary/aromatic N) is 2. The summed E-state index contributed by atoms with van der Waals surface area (Å²) < 4.78 is 10.6. The number of anilines is 1. The molecule has 1 aromatic rings. The van der Waals surface area contributed by atoms with Gasteiger partial charge < -0.3 is 29.9 Å². The molecule has 1 heterocycles. The first-order valence-corrected chi connectivity index (χ1v) is 13.6. The smallest absolute Gasteiger partial charge is 0.320 e. The fraction of sp³-hybridized carbons (Fsp3) is 0.679. The Hall–Kier alpha value is -2.97. The van der Waals surface area contributed by atoms with Gasteiger partial charge in [-0.2, -0.15) is 0 Å². The van der Waals surface area contributed by atoms with E-state index in [1.54, 1.807) is 30.2 Å². The highest BCUT2D eigenvalue weighted by Crippen LogP contribution is 2.29. The molecular weight excluding hydrogens is 472 g/mol. The average molecular weight is 519 g/mol. The van der Waals surface area contributed by atoms with Crippen molar-refractivity contribution in [2.75, 3.05) is 39.2 Å². The van der Waals surface area contributed by atoms with Crippen molar-refractivity contribution in [1.29, 1.82) is 0 Å². The lowest BCUT2D eigenvalue weighted by Crippen LogP contribution is -2.60. The zero-order valence-electron chi connectivity index (χ0n) is 23.5. The monoisotopic (exact) mass is 518 g/mol. The van der Waals surface area contributed by atoms with E-state index in [1.807, 2.05) is 25.7 Å². The largest absolute Gasteiger partial charge is 0.497 e. The second-order valence-electron chi connectivity index (χ2n) is 9.91. The highest BCUT2D eigenvalue weighted by molar-refractivity contribution is 5.95. The molecule has 2 N–H and O–H groups in total. The van der Waals surface area contributed by atoms with Gasteiger partial charge in [0.1, 0.15) is 17.5 Å². The molecule has 1 aliphatic rings. The van der Waals surface area contributed by atoms with Crippen molar-refractivity contribution in [2.45, 2.75) is 84.7 Å². The molecule has 1 saturated heterocycles. The summed E-state index contributed by atoms with van der Waals surface area (Å²) in [4.78, 5) is 42.9. The number of ether oxygens (including phenoxy) is 2. The lowest BCUT2D eigenvalue weighted by atomic mass is 9.97. The van der Waals surface area contributed by atoms with Crippen LogP contribution in [0.15, 0.2) is 18.2 Å². The van der Waals surface area contributed by atoms with E-state index >= 15 is 0 Å². The van der Waals surface area contributed by atoms with E-state index < -0.39 is 12.1 Å². The summed E-state index contributed by atoms with van der Waals surface area (Å²) in [5.74, 6) is 1.05. The van der Waals surface area contributed by atoms with Crippen LogP contribution in [0.3, 0.4) is 0 Å². The first-order valence-electron chi connectivity index (χ1n) is 13.6. The molecule has 2 rings (SSSR count). The van der Waals surface area contributed by atoms with E-state index in [9.17, 15) is 14.4 Å². The van der Waals surface area contributed by atoms with E-state index in [4.69, 9.17) is 9.47 Å². The Balaban J connectivity index is 1.98. The van der Waals surface area contributed by atoms with Crippen LogP contribution in [-0.2, 0) is 9.59 Å². The Morgan fingerprint density at radius 3 is 2.41 bits per heavy atom. The van der Waals surface area contributed by atoms with Gasteiger partial charge in [-0.3, -0.25) is 9.59 Å². The highest BCUT2D eigenvalue weighted by atomic mass is 16.5. The van der Waals surface area contributed by atoms with Crippen molar-refractivity contribution in [3.8, 4) is 11.5 Å². The fourth-order valence-electron chi connectivity index (χ4n) is 4.63. The molecule has 3 atom stereocenters. The van der Waals surface area contributed by atoms with Gasteiger partial charge in [0.05, 0.1) is 19.9 Å². The number of amides is 4. The van der Waals surface area contributed by atoms with Gasteiger partial charge in [-0.05, 0) is 31.4 Å². The molecule has 0 radical (unpaired) electrons. The Labute approximate surface area is 222 Å². The first-order chi connectivity index (χ1) is 17.7. The molecule has 4 amide bonds. The molecule has 208 valence electrons. The number of rotatable bonds is 13. The molecule has 0 saturated carbocycles. The summed E-state index contributed by atoms with van der Waals surface area (Å²) in [5.41, 5.74) is 0.478. The van der Waals surface area contributed by atoms with Crippen LogP contribution >= 0.6 is 0 Å². The van der Waals surface area contributed by atoms with Gasteiger partial charge in [-0.15, -0.1) is 0 Å². The standard InChI is InChI=1S/C28H46N4O5/c1-7-9-10-11-12-13-25(33)32-17-16-31(19-21(32)4)27(34)26(20(3)8-2)30-28(35)29-23-15-14-22(36-5)18-24(23)37-6/h14-15,18,20-21,26H,7-13,16-17,19H2,1-6H3,(H2,29,30,35). The fourth-order valence-corrected chi connectivity index (χ4v) is 4.63. The van der Waals surface area contributed by atoms with Crippen LogP contribution in [0.4, 0.5) is 10.5 Å². The number of hydrogen-bond acceptors (Lipinski definition) is 5. The molecule has 9 nitrogen and oxygen atoms in total. The number of urea groups is 1. The van der Waals surface area contributed by atoms with E-state index in [-0.39, 0.29) is 23.8 Å². The third-order valence-corrected chi connectivity index (χ3v) is 7.18. The summed E-state index contributed by atoms with van der Waals surface area (Å²) in [5, 5.41) is 5.67. The van der Waals surface area contributed by atoms with Crippen molar-refractivity contribution in [1.82, 2.24) is 15.1 Å². The maximum absolute atomic E-state index is 13.5. The zero-order chi connectivity index (χ0) is 27.4. The average Bonchev–Trinajstić information content (AvgIpc) is 2.90. The van der Waals surface area contributed by atoms with Crippen molar-refractivity contribution in [3.63, 3.8) is 0 Å². The van der Waals surface area contributed by atoms with Gasteiger partial charge in [0.25, 0.3) is 0 Å². The van der Waals surface area contributed by atoms with Crippen molar-refractivity contribution >= 4 is 23.5 Å². The molecule has 1 fully saturated rings. The maximum Gasteiger partial charge on any atom is 0.320 e. The van der Waals surface area contributed by atoms with Crippen LogP contribution in [0.25, 0.3) is 0 Å². The zero-order valence-corrected chi connectivity index (χ0v) is 23.5. The summed E-state index contributed by atoms with van der Waals surface area (Å²) in [6.45, 7) is 9.57. The number of piperazine rings is 1. The number of benzene rings is 1. The minimum absolute atomic E-state index is 0.0594. The molecule has 1 aromatic carbocycles. The number of carbonyl (C=O) groups is 3. The van der Waals surface area contributed by atoms with Gasteiger partial charge in [0.15, 0.2) is 0 Å². The lowest BCUT2D eigenvalue weighted by Gasteiger charge is -2.41. The predicted molar refractivity (Wildman–Crippen MR) is 146 cm³/mol. The molecular formula is C28H46N4O5. The summed E-state index contributed by atoms with van der Waals surface area (Å²) in [7, 11) is 3.07. The van der Waals surface area contributed by atoms with Crippen LogP contribution in [-0.4, -0.2) is 73.6 Å². The van der Waals surface area contributed by atoms with Crippen LogP contribution in [0.1, 0.15) is 72.6 Å². The number of unbranched alkanes of at least 4 members (excludes halogenated alkanes) is 4. The van der Waals surface area contributed by atoms with E-state index in [1.165, 1.54) is 26.4 Å². The number of nitrogens with one attached hydrogen (secondary N) is 2. The SMILES string of the molecule is CCCCCCCC(=O)N1CCN(C(=O)C(NC(=O)Nc2ccc(OC)cc2OC)C(C)CC)CC1C. The molecule has 9 heteroatoms. The molecule has 37 heavy (non-hydrogen) atoms. The Morgan fingerprint density at radius 1 is 1.05 bits per heavy atom. The quantitative estimate of drug-likeness (QED) is 0.370. The number of methoxy groups -OCH3 is 2. The predicted octanol–water partition coefficient (Wildman–Crippen LogP) is 4.66. The third-order valence-electron chi connectivity index (χ3n) is 7.18. The van der Waals surface area contributed by atoms with Crippen LogP contribution in [0.2, 0.25) is 0 Å². The Morgan fingerprint density at radius 2 is 1.78 bits per heavy atom. The summed E-state index contributed by atoms with van der Waals surface area (Å²) in [6, 6.07) is 3.88. The van der Waals surface area contributed by atoms with Crippen LogP contribution < -0.4 is 20.1 Å². The Bertz CT molecular complexity index is 893. The minimum atomic E-state index is -0.678. The number of carbonyl (C=O) groups excluding carboxylic acids is 3. The first kappa shape index (κ1) is 30.3. The van der Waals surface area contributed by atoms with Crippen molar-refractivity contribution in [3.05, 3.63) is 18.2 Å².